The van der Waals surface area contributed by atoms with Crippen LogP contribution in [-0.4, -0.2) is 31.3 Å². The van der Waals surface area contributed by atoms with E-state index in [9.17, 15) is 4.79 Å². The van der Waals surface area contributed by atoms with Crippen LogP contribution in [0.25, 0.3) is 0 Å². The summed E-state index contributed by atoms with van der Waals surface area (Å²) in [5, 5.41) is 4.61. The number of benzene rings is 2. The van der Waals surface area contributed by atoms with E-state index in [1.165, 1.54) is 11.3 Å². The van der Waals surface area contributed by atoms with Crippen LogP contribution in [0, 0.1) is 0 Å². The van der Waals surface area contributed by atoms with Gasteiger partial charge in [0, 0.05) is 23.3 Å². The minimum atomic E-state index is -0.330. The number of amides is 1. The summed E-state index contributed by atoms with van der Waals surface area (Å²) >= 11 is 5.89. The van der Waals surface area contributed by atoms with Gasteiger partial charge in [0.15, 0.2) is 6.61 Å². The van der Waals surface area contributed by atoms with E-state index in [1.807, 2.05) is 6.07 Å². The van der Waals surface area contributed by atoms with Crippen LogP contribution in [0.3, 0.4) is 0 Å². The fourth-order valence-electron chi connectivity index (χ4n) is 3.59. The number of fused-ring (bicyclic) bond motifs is 1. The highest BCUT2D eigenvalue weighted by Crippen LogP contribution is 2.42. The highest BCUT2D eigenvalue weighted by atomic mass is 35.5. The normalized spacial score (nSPS) is 18.0. The number of carbonyl (C=O) groups excluding carboxylic acids is 1. The molecule has 0 aromatic heterocycles. The molecule has 0 saturated carbocycles. The maximum absolute atomic E-state index is 11.9. The van der Waals surface area contributed by atoms with Gasteiger partial charge < -0.3 is 9.64 Å². The second-order valence-electron chi connectivity index (χ2n) is 7.83. The van der Waals surface area contributed by atoms with Gasteiger partial charge in [-0.3, -0.25) is 4.79 Å². The zero-order valence-electron chi connectivity index (χ0n) is 16.7. The number of nitrogens with zero attached hydrogens (tertiary/aromatic N) is 2. The Morgan fingerprint density at radius 3 is 2.89 bits per heavy atom. The van der Waals surface area contributed by atoms with Crippen molar-refractivity contribution in [1.82, 2.24) is 5.43 Å². The van der Waals surface area contributed by atoms with Crippen LogP contribution < -0.4 is 15.1 Å². The lowest BCUT2D eigenvalue weighted by Gasteiger charge is -2.45. The zero-order chi connectivity index (χ0) is 20.3. The first-order valence-electron chi connectivity index (χ1n) is 9.34. The third-order valence-electron chi connectivity index (χ3n) is 5.23. The summed E-state index contributed by atoms with van der Waals surface area (Å²) < 4.78 is 5.40. The highest BCUT2D eigenvalue weighted by Gasteiger charge is 2.33. The molecule has 1 N–H and O–H groups in total. The molecule has 1 atom stereocenters. The molecule has 0 spiro atoms. The molecule has 1 amide bonds. The fraction of sp³-hybridized carbons (Fsp3) is 0.364. The maximum atomic E-state index is 11.9. The number of hydrogen-bond acceptors (Lipinski definition) is 4. The van der Waals surface area contributed by atoms with Crippen LogP contribution in [0.1, 0.15) is 44.2 Å². The predicted octanol–water partition coefficient (Wildman–Crippen LogP) is 4.59. The van der Waals surface area contributed by atoms with Crippen molar-refractivity contribution in [2.24, 2.45) is 5.10 Å². The molecule has 28 heavy (non-hydrogen) atoms. The van der Waals surface area contributed by atoms with Gasteiger partial charge in [-0.1, -0.05) is 30.7 Å². The zero-order valence-corrected chi connectivity index (χ0v) is 17.5. The Balaban J connectivity index is 1.59. The van der Waals surface area contributed by atoms with Crippen molar-refractivity contribution in [3.8, 4) is 5.75 Å². The standard InChI is InChI=1S/C22H26ClN3O2/c1-15-12-22(2,3)26(4)20-9-8-16(10-19(15)20)13-24-25-21(27)14-28-18-7-5-6-17(23)11-18/h5-11,13,15H,12,14H2,1-4H3,(H,25,27)/b24-13-. The molecule has 2 aromatic carbocycles. The van der Waals surface area contributed by atoms with E-state index in [2.05, 4.69) is 55.4 Å². The molecule has 0 saturated heterocycles. The van der Waals surface area contributed by atoms with E-state index in [1.54, 1.807) is 30.5 Å². The second-order valence-corrected chi connectivity index (χ2v) is 8.27. The van der Waals surface area contributed by atoms with Gasteiger partial charge in [-0.05, 0) is 67.6 Å². The molecule has 0 fully saturated rings. The van der Waals surface area contributed by atoms with Gasteiger partial charge in [0.25, 0.3) is 5.91 Å². The second kappa shape index (κ2) is 8.23. The molecule has 1 heterocycles. The number of hydrazone groups is 1. The molecule has 1 aliphatic rings. The van der Waals surface area contributed by atoms with Crippen molar-refractivity contribution >= 4 is 29.4 Å². The molecule has 1 unspecified atom stereocenters. The molecule has 3 rings (SSSR count). The van der Waals surface area contributed by atoms with Gasteiger partial charge in [-0.25, -0.2) is 5.43 Å². The van der Waals surface area contributed by atoms with Gasteiger partial charge in [-0.15, -0.1) is 0 Å². The minimum absolute atomic E-state index is 0.126. The number of rotatable bonds is 5. The van der Waals surface area contributed by atoms with Crippen LogP contribution in [0.15, 0.2) is 47.6 Å². The summed E-state index contributed by atoms with van der Waals surface area (Å²) in [5.74, 6) is 0.682. The predicted molar refractivity (Wildman–Crippen MR) is 115 cm³/mol. The summed E-state index contributed by atoms with van der Waals surface area (Å²) in [6.45, 7) is 6.66. The van der Waals surface area contributed by atoms with Crippen LogP contribution >= 0.6 is 11.6 Å². The summed E-state index contributed by atoms with van der Waals surface area (Å²) in [6.07, 6.45) is 2.75. The van der Waals surface area contributed by atoms with Crippen molar-refractivity contribution in [3.05, 3.63) is 58.6 Å². The number of anilines is 1. The summed E-state index contributed by atoms with van der Waals surface area (Å²) in [4.78, 5) is 14.2. The molecule has 148 valence electrons. The van der Waals surface area contributed by atoms with Gasteiger partial charge >= 0.3 is 0 Å². The summed E-state index contributed by atoms with van der Waals surface area (Å²) in [7, 11) is 2.14. The van der Waals surface area contributed by atoms with E-state index < -0.39 is 0 Å². The lowest BCUT2D eigenvalue weighted by molar-refractivity contribution is -0.123. The molecule has 0 radical (unpaired) electrons. The quantitative estimate of drug-likeness (QED) is 0.590. The lowest BCUT2D eigenvalue weighted by atomic mass is 9.80. The van der Waals surface area contributed by atoms with Gasteiger partial charge in [0.2, 0.25) is 0 Å². The smallest absolute Gasteiger partial charge is 0.277 e. The van der Waals surface area contributed by atoms with E-state index in [-0.39, 0.29) is 18.1 Å². The summed E-state index contributed by atoms with van der Waals surface area (Å²) in [6, 6.07) is 13.2. The van der Waals surface area contributed by atoms with Crippen molar-refractivity contribution < 1.29 is 9.53 Å². The first kappa shape index (κ1) is 20.2. The van der Waals surface area contributed by atoms with Crippen LogP contribution in [0.4, 0.5) is 5.69 Å². The third kappa shape index (κ3) is 4.65. The topological polar surface area (TPSA) is 53.9 Å². The van der Waals surface area contributed by atoms with Crippen LogP contribution in [-0.2, 0) is 4.79 Å². The van der Waals surface area contributed by atoms with E-state index in [4.69, 9.17) is 16.3 Å². The first-order chi connectivity index (χ1) is 13.3. The largest absolute Gasteiger partial charge is 0.484 e. The Bertz CT molecular complexity index is 895. The fourth-order valence-corrected chi connectivity index (χ4v) is 3.77. The number of hydrogen-bond donors (Lipinski definition) is 1. The van der Waals surface area contributed by atoms with Crippen molar-refractivity contribution in [2.75, 3.05) is 18.6 Å². The molecular weight excluding hydrogens is 374 g/mol. The molecular formula is C22H26ClN3O2. The Morgan fingerprint density at radius 1 is 1.36 bits per heavy atom. The molecule has 6 heteroatoms. The molecule has 0 bridgehead atoms. The molecule has 1 aliphatic heterocycles. The van der Waals surface area contributed by atoms with E-state index >= 15 is 0 Å². The maximum Gasteiger partial charge on any atom is 0.277 e. The van der Waals surface area contributed by atoms with E-state index in [0.29, 0.717) is 16.7 Å². The third-order valence-corrected chi connectivity index (χ3v) is 5.46. The Labute approximate surface area is 171 Å². The average molecular weight is 400 g/mol. The summed E-state index contributed by atoms with van der Waals surface area (Å²) in [5.41, 5.74) is 6.14. The Hall–Kier alpha value is -2.53. The molecule has 2 aromatic rings. The number of nitrogens with one attached hydrogen (secondary N) is 1. The van der Waals surface area contributed by atoms with Gasteiger partial charge in [-0.2, -0.15) is 5.10 Å². The lowest BCUT2D eigenvalue weighted by Crippen LogP contribution is -2.45. The molecule has 5 nitrogen and oxygen atoms in total. The van der Waals surface area contributed by atoms with E-state index in [0.717, 1.165) is 12.0 Å². The van der Waals surface area contributed by atoms with Crippen LogP contribution in [0.5, 0.6) is 5.75 Å². The number of halogens is 1. The monoisotopic (exact) mass is 399 g/mol. The minimum Gasteiger partial charge on any atom is -0.484 e. The van der Waals surface area contributed by atoms with Crippen molar-refractivity contribution in [1.29, 1.82) is 0 Å². The SMILES string of the molecule is CC1CC(C)(C)N(C)c2ccc(/C=N\NC(=O)COc3cccc(Cl)c3)cc21. The van der Waals surface area contributed by atoms with Crippen LogP contribution in [0.2, 0.25) is 5.02 Å². The first-order valence-corrected chi connectivity index (χ1v) is 9.72. The number of ether oxygens (including phenoxy) is 1. The highest BCUT2D eigenvalue weighted by molar-refractivity contribution is 6.30. The van der Waals surface area contributed by atoms with Gasteiger partial charge in [0.1, 0.15) is 5.75 Å². The Morgan fingerprint density at radius 2 is 2.14 bits per heavy atom. The van der Waals surface area contributed by atoms with Crippen molar-refractivity contribution in [2.45, 2.75) is 38.6 Å². The Kier molecular flexibility index (Phi) is 5.94. The van der Waals surface area contributed by atoms with Crippen molar-refractivity contribution in [3.63, 3.8) is 0 Å². The number of carbonyl (C=O) groups is 1. The van der Waals surface area contributed by atoms with Gasteiger partial charge in [0.05, 0.1) is 6.21 Å². The average Bonchev–Trinajstić information content (AvgIpc) is 2.64. The molecule has 0 aliphatic carbocycles.